The predicted octanol–water partition coefficient (Wildman–Crippen LogP) is 29.0. The van der Waals surface area contributed by atoms with Gasteiger partial charge >= 0.3 is 39.5 Å². The molecule has 112 heavy (non-hydrogen) atoms. The first-order valence-corrected chi connectivity index (χ1v) is 51.0. The van der Waals surface area contributed by atoms with Gasteiger partial charge in [0.15, 0.2) is 12.2 Å². The SMILES string of the molecule is CCCCCCCCCCCCCCCCCCC(=O)O[C@H](COC(=O)CCCCCCCCCCCCCCC)COP(=O)(O)OC[C@H](O)COP(=O)(O)OC[C@@H](COC(=O)CCCCCCCCCCCCCCCCCCCCC(C)C)OC(=O)CCCCCCCCCCCCCCCCCCCCC(C)CC. The summed E-state index contributed by atoms with van der Waals surface area (Å²) in [6.45, 7) is 9.83. The van der Waals surface area contributed by atoms with Crippen molar-refractivity contribution >= 4 is 39.5 Å². The molecule has 0 saturated carbocycles. The largest absolute Gasteiger partial charge is 0.472 e. The van der Waals surface area contributed by atoms with Crippen LogP contribution in [0, 0.1) is 11.8 Å². The third kappa shape index (κ3) is 84.5. The zero-order chi connectivity index (χ0) is 82.0. The van der Waals surface area contributed by atoms with Gasteiger partial charge in [0.05, 0.1) is 26.4 Å². The average Bonchev–Trinajstić information content (AvgIpc) is 0.908. The van der Waals surface area contributed by atoms with Crippen LogP contribution in [0.5, 0.6) is 0 Å². The van der Waals surface area contributed by atoms with E-state index in [0.29, 0.717) is 25.7 Å². The number of aliphatic hydroxyl groups is 1. The summed E-state index contributed by atoms with van der Waals surface area (Å²) in [6.07, 6.45) is 79.1. The fraction of sp³-hybridized carbons (Fsp3) is 0.957. The van der Waals surface area contributed by atoms with Crippen LogP contribution in [-0.4, -0.2) is 96.7 Å². The predicted molar refractivity (Wildman–Crippen MR) is 465 cm³/mol. The highest BCUT2D eigenvalue weighted by Gasteiger charge is 2.31. The highest BCUT2D eigenvalue weighted by Crippen LogP contribution is 2.45. The molecule has 3 unspecified atom stereocenters. The van der Waals surface area contributed by atoms with Gasteiger partial charge in [-0.1, -0.05) is 452 Å². The minimum absolute atomic E-state index is 0.109. The average molecular weight is 1630 g/mol. The minimum Gasteiger partial charge on any atom is -0.462 e. The van der Waals surface area contributed by atoms with Gasteiger partial charge in [-0.2, -0.15) is 0 Å². The van der Waals surface area contributed by atoms with Crippen molar-refractivity contribution in [3.05, 3.63) is 0 Å². The van der Waals surface area contributed by atoms with Crippen molar-refractivity contribution < 1.29 is 80.2 Å². The van der Waals surface area contributed by atoms with Crippen molar-refractivity contribution in [2.75, 3.05) is 39.6 Å². The monoisotopic (exact) mass is 1630 g/mol. The number of phosphoric acid groups is 2. The summed E-state index contributed by atoms with van der Waals surface area (Å²) >= 11 is 0. The molecule has 3 N–H and O–H groups in total. The van der Waals surface area contributed by atoms with Gasteiger partial charge in [-0.25, -0.2) is 9.13 Å². The molecule has 0 aliphatic heterocycles. The summed E-state index contributed by atoms with van der Waals surface area (Å²) in [7, 11) is -9.94. The molecular formula is C93H182O17P2. The molecule has 0 aliphatic rings. The van der Waals surface area contributed by atoms with Crippen LogP contribution in [0.25, 0.3) is 0 Å². The molecule has 0 aliphatic carbocycles. The van der Waals surface area contributed by atoms with Crippen LogP contribution in [0.2, 0.25) is 0 Å². The van der Waals surface area contributed by atoms with E-state index < -0.39 is 97.5 Å². The number of ether oxygens (including phenoxy) is 4. The van der Waals surface area contributed by atoms with E-state index in [4.69, 9.17) is 37.0 Å². The maximum Gasteiger partial charge on any atom is 0.472 e. The lowest BCUT2D eigenvalue weighted by Gasteiger charge is -2.21. The number of carbonyl (C=O) groups excluding carboxylic acids is 4. The van der Waals surface area contributed by atoms with Crippen LogP contribution in [0.4, 0.5) is 0 Å². The molecule has 666 valence electrons. The lowest BCUT2D eigenvalue weighted by molar-refractivity contribution is -0.161. The number of hydrogen-bond acceptors (Lipinski definition) is 15. The fourth-order valence-electron chi connectivity index (χ4n) is 14.6. The van der Waals surface area contributed by atoms with Crippen LogP contribution in [0.3, 0.4) is 0 Å². The van der Waals surface area contributed by atoms with E-state index in [-0.39, 0.29) is 25.7 Å². The molecular weight excluding hydrogens is 1450 g/mol. The summed E-state index contributed by atoms with van der Waals surface area (Å²) < 4.78 is 69.1. The van der Waals surface area contributed by atoms with Crippen molar-refractivity contribution in [3.8, 4) is 0 Å². The van der Waals surface area contributed by atoms with Gasteiger partial charge in [-0.05, 0) is 37.5 Å². The second kappa shape index (κ2) is 84.1. The number of unbranched alkanes of at least 4 members (excludes halogenated alkanes) is 61. The molecule has 0 spiro atoms. The van der Waals surface area contributed by atoms with E-state index in [2.05, 4.69) is 41.5 Å². The summed E-state index contributed by atoms with van der Waals surface area (Å²) in [5.41, 5.74) is 0. The van der Waals surface area contributed by atoms with E-state index >= 15 is 0 Å². The third-order valence-corrected chi connectivity index (χ3v) is 24.2. The highest BCUT2D eigenvalue weighted by atomic mass is 31.2. The normalized spacial score (nSPS) is 13.9. The molecule has 0 amide bonds. The molecule has 0 saturated heterocycles. The van der Waals surface area contributed by atoms with Crippen molar-refractivity contribution in [3.63, 3.8) is 0 Å². The number of carbonyl (C=O) groups is 4. The quantitative estimate of drug-likeness (QED) is 0.0222. The zero-order valence-corrected chi connectivity index (χ0v) is 75.8. The van der Waals surface area contributed by atoms with Gasteiger partial charge in [0, 0.05) is 25.7 Å². The van der Waals surface area contributed by atoms with Crippen molar-refractivity contribution in [2.45, 2.75) is 522 Å². The molecule has 0 heterocycles. The smallest absolute Gasteiger partial charge is 0.462 e. The van der Waals surface area contributed by atoms with Gasteiger partial charge < -0.3 is 33.8 Å². The summed E-state index contributed by atoms with van der Waals surface area (Å²) in [4.78, 5) is 73.5. The van der Waals surface area contributed by atoms with Crippen molar-refractivity contribution in [2.24, 2.45) is 11.8 Å². The molecule has 0 radical (unpaired) electrons. The molecule has 6 atom stereocenters. The second-order valence-electron chi connectivity index (χ2n) is 34.1. The maximum absolute atomic E-state index is 13.2. The van der Waals surface area contributed by atoms with E-state index in [1.165, 1.54) is 321 Å². The Morgan fingerprint density at radius 2 is 0.455 bits per heavy atom. The van der Waals surface area contributed by atoms with E-state index in [1.54, 1.807) is 0 Å². The number of esters is 4. The topological polar surface area (TPSA) is 237 Å². The Bertz CT molecular complexity index is 2130. The fourth-order valence-corrected chi connectivity index (χ4v) is 16.2. The molecule has 0 rings (SSSR count). The second-order valence-corrected chi connectivity index (χ2v) is 37.0. The Balaban J connectivity index is 5.25. The molecule has 0 aromatic heterocycles. The van der Waals surface area contributed by atoms with Gasteiger partial charge in [-0.3, -0.25) is 37.3 Å². The number of phosphoric ester groups is 2. The first-order valence-electron chi connectivity index (χ1n) is 48.0. The molecule has 0 fully saturated rings. The first-order chi connectivity index (χ1) is 54.4. The summed E-state index contributed by atoms with van der Waals surface area (Å²) in [6, 6.07) is 0. The molecule has 0 aromatic rings. The first kappa shape index (κ1) is 110. The minimum atomic E-state index is -4.97. The maximum atomic E-state index is 13.2. The van der Waals surface area contributed by atoms with Gasteiger partial charge in [0.2, 0.25) is 0 Å². The Morgan fingerprint density at radius 1 is 0.259 bits per heavy atom. The van der Waals surface area contributed by atoms with Crippen molar-refractivity contribution in [1.82, 2.24) is 0 Å². The van der Waals surface area contributed by atoms with Crippen LogP contribution >= 0.6 is 15.6 Å². The summed E-state index contributed by atoms with van der Waals surface area (Å²) in [5, 5.41) is 10.7. The number of hydrogen-bond donors (Lipinski definition) is 3. The van der Waals surface area contributed by atoms with Crippen LogP contribution in [-0.2, 0) is 65.4 Å². The zero-order valence-electron chi connectivity index (χ0n) is 74.0. The van der Waals surface area contributed by atoms with Gasteiger partial charge in [0.25, 0.3) is 0 Å². The third-order valence-electron chi connectivity index (χ3n) is 22.3. The highest BCUT2D eigenvalue weighted by molar-refractivity contribution is 7.47. The molecule has 19 heteroatoms. The van der Waals surface area contributed by atoms with Crippen molar-refractivity contribution in [1.29, 1.82) is 0 Å². The van der Waals surface area contributed by atoms with Gasteiger partial charge in [0.1, 0.15) is 19.3 Å². The Kier molecular flexibility index (Phi) is 82.6. The van der Waals surface area contributed by atoms with Crippen LogP contribution in [0.1, 0.15) is 504 Å². The Hall–Kier alpha value is -1.94. The lowest BCUT2D eigenvalue weighted by atomic mass is 9.99. The van der Waals surface area contributed by atoms with E-state index in [1.807, 2.05) is 0 Å². The molecule has 17 nitrogen and oxygen atoms in total. The van der Waals surface area contributed by atoms with Crippen LogP contribution < -0.4 is 0 Å². The van der Waals surface area contributed by atoms with E-state index in [0.717, 1.165) is 102 Å². The van der Waals surface area contributed by atoms with E-state index in [9.17, 15) is 43.2 Å². The Labute approximate surface area is 689 Å². The van der Waals surface area contributed by atoms with Gasteiger partial charge in [-0.15, -0.1) is 0 Å². The number of aliphatic hydroxyl groups excluding tert-OH is 1. The van der Waals surface area contributed by atoms with Crippen LogP contribution in [0.15, 0.2) is 0 Å². The molecule has 0 aromatic carbocycles. The standard InChI is InChI=1S/C93H182O17P2/c1-7-10-12-14-16-18-20-22-23-34-41-47-53-59-65-71-77-92(97)109-88(81-103-90(95)75-69-63-57-51-45-37-21-19-17-15-13-11-8-2)83-107-111(99,100)105-79-87(94)80-106-112(101,102)108-84-89(82-104-91(96)76-70-64-58-52-46-40-35-30-26-24-28-32-38-43-49-55-61-67-73-85(4)5)110-93(98)78-72-66-60-54-48-42-36-31-27-25-29-33-39-44-50-56-62-68-74-86(6)9-3/h85-89,94H,7-84H2,1-6H3,(H,99,100)(H,101,102)/t86?,87-,88+,89+/m0/s1. The molecule has 0 bridgehead atoms. The summed E-state index contributed by atoms with van der Waals surface area (Å²) in [5.74, 6) is -0.397. The number of rotatable bonds is 92. The lowest BCUT2D eigenvalue weighted by Crippen LogP contribution is -2.30. The Morgan fingerprint density at radius 3 is 0.679 bits per heavy atom.